The van der Waals surface area contributed by atoms with E-state index in [1.165, 1.54) is 13.8 Å². The van der Waals surface area contributed by atoms with Crippen LogP contribution in [0.3, 0.4) is 0 Å². The first kappa shape index (κ1) is 16.7. The van der Waals surface area contributed by atoms with Crippen LogP contribution in [0.1, 0.15) is 29.8 Å². The largest absolute Gasteiger partial charge is 0.445 e. The number of hydrogen-bond donors (Lipinski definition) is 0. The van der Waals surface area contributed by atoms with Gasteiger partial charge >= 0.3 is 17.7 Å². The number of fused-ring (bicyclic) bond motifs is 1. The zero-order chi connectivity index (χ0) is 18.0. The number of carbonyl (C=O) groups is 3. The molecule has 128 valence electrons. The first-order chi connectivity index (χ1) is 11.9. The van der Waals surface area contributed by atoms with Crippen molar-refractivity contribution in [1.82, 2.24) is 0 Å². The third-order valence-electron chi connectivity index (χ3n) is 3.75. The molecule has 0 aromatic heterocycles. The Balaban J connectivity index is 2.23. The second kappa shape index (κ2) is 6.39. The summed E-state index contributed by atoms with van der Waals surface area (Å²) in [6, 6.07) is 15.0. The third kappa shape index (κ3) is 2.98. The van der Waals surface area contributed by atoms with Crippen molar-refractivity contribution < 1.29 is 28.6 Å². The number of ether oxygens (including phenoxy) is 3. The number of esters is 2. The summed E-state index contributed by atoms with van der Waals surface area (Å²) >= 11 is 0. The van der Waals surface area contributed by atoms with E-state index in [0.717, 1.165) is 0 Å². The predicted molar refractivity (Wildman–Crippen MR) is 86.8 cm³/mol. The van der Waals surface area contributed by atoms with Gasteiger partial charge in [0.2, 0.25) is 11.9 Å². The van der Waals surface area contributed by atoms with E-state index in [1.807, 2.05) is 0 Å². The van der Waals surface area contributed by atoms with E-state index in [1.54, 1.807) is 54.6 Å². The molecule has 0 fully saturated rings. The molecule has 1 aliphatic rings. The molecule has 1 heterocycles. The molecular formula is C19H16O6. The molecule has 0 saturated heterocycles. The molecule has 0 bridgehead atoms. The monoisotopic (exact) mass is 340 g/mol. The molecule has 2 aromatic rings. The summed E-state index contributed by atoms with van der Waals surface area (Å²) in [5.74, 6) is -3.49. The summed E-state index contributed by atoms with van der Waals surface area (Å²) in [5.41, 5.74) is 0.645. The number of para-hydroxylation sites is 1. The topological polar surface area (TPSA) is 78.9 Å². The highest BCUT2D eigenvalue weighted by atomic mass is 16.7. The maximum atomic E-state index is 13.0. The predicted octanol–water partition coefficient (Wildman–Crippen LogP) is 2.61. The van der Waals surface area contributed by atoms with Crippen LogP contribution in [0.25, 0.3) is 0 Å². The molecule has 0 spiro atoms. The van der Waals surface area contributed by atoms with Gasteiger partial charge in [-0.05, 0) is 12.1 Å². The van der Waals surface area contributed by atoms with E-state index in [2.05, 4.69) is 0 Å². The van der Waals surface area contributed by atoms with Crippen molar-refractivity contribution in [1.29, 1.82) is 0 Å². The lowest BCUT2D eigenvalue weighted by Crippen LogP contribution is -2.56. The van der Waals surface area contributed by atoms with Gasteiger partial charge in [0.25, 0.3) is 0 Å². The number of rotatable bonds is 3. The fourth-order valence-electron chi connectivity index (χ4n) is 2.81. The zero-order valence-electron chi connectivity index (χ0n) is 13.7. The summed E-state index contributed by atoms with van der Waals surface area (Å²) in [6.45, 7) is 2.38. The van der Waals surface area contributed by atoms with Crippen LogP contribution >= 0.6 is 0 Å². The van der Waals surface area contributed by atoms with Crippen LogP contribution < -0.4 is 4.74 Å². The first-order valence-corrected chi connectivity index (χ1v) is 7.68. The van der Waals surface area contributed by atoms with Crippen molar-refractivity contribution in [3.8, 4) is 5.75 Å². The number of carbonyl (C=O) groups excluding carboxylic acids is 3. The Hall–Kier alpha value is -3.15. The molecule has 25 heavy (non-hydrogen) atoms. The Labute approximate surface area is 144 Å². The summed E-state index contributed by atoms with van der Waals surface area (Å²) in [6.07, 6.45) is -1.45. The van der Waals surface area contributed by atoms with Gasteiger partial charge in [0.1, 0.15) is 5.75 Å². The maximum Gasteiger partial charge on any atom is 0.326 e. The molecule has 6 nitrogen and oxygen atoms in total. The Bertz CT molecular complexity index is 829. The quantitative estimate of drug-likeness (QED) is 0.799. The van der Waals surface area contributed by atoms with Gasteiger partial charge in [0.05, 0.1) is 5.56 Å². The Morgan fingerprint density at radius 3 is 2.24 bits per heavy atom. The molecule has 0 N–H and O–H groups in total. The lowest BCUT2D eigenvalue weighted by atomic mass is 9.90. The minimum Gasteiger partial charge on any atom is -0.445 e. The van der Waals surface area contributed by atoms with Crippen molar-refractivity contribution in [2.75, 3.05) is 0 Å². The fraction of sp³-hybridized carbons (Fsp3) is 0.211. The molecule has 0 amide bonds. The standard InChI is InChI=1S/C19H16O6/c1-12(20)23-18-17(22)15-10-6-7-11-16(15)25-19(18,24-13(2)21)14-8-4-3-5-9-14/h3-11,18H,1-2H3. The Morgan fingerprint density at radius 2 is 1.60 bits per heavy atom. The number of Topliss-reactive ketones (excluding diaryl/α,β-unsaturated/α-hetero) is 1. The fourth-order valence-corrected chi connectivity index (χ4v) is 2.81. The average molecular weight is 340 g/mol. The van der Waals surface area contributed by atoms with E-state index in [-0.39, 0.29) is 11.3 Å². The van der Waals surface area contributed by atoms with Crippen LogP contribution in [0.4, 0.5) is 0 Å². The van der Waals surface area contributed by atoms with Gasteiger partial charge in [-0.2, -0.15) is 0 Å². The van der Waals surface area contributed by atoms with E-state index in [4.69, 9.17) is 14.2 Å². The Kier molecular flexibility index (Phi) is 4.27. The van der Waals surface area contributed by atoms with Crippen LogP contribution in [0.2, 0.25) is 0 Å². The van der Waals surface area contributed by atoms with E-state index in [9.17, 15) is 14.4 Å². The molecule has 2 aromatic carbocycles. The summed E-state index contributed by atoms with van der Waals surface area (Å²) < 4.78 is 16.6. The average Bonchev–Trinajstić information content (AvgIpc) is 2.58. The smallest absolute Gasteiger partial charge is 0.326 e. The molecule has 0 saturated carbocycles. The van der Waals surface area contributed by atoms with E-state index >= 15 is 0 Å². The van der Waals surface area contributed by atoms with Crippen LogP contribution in [0.15, 0.2) is 54.6 Å². The molecule has 0 aliphatic carbocycles. The molecule has 1 aliphatic heterocycles. The van der Waals surface area contributed by atoms with Crippen molar-refractivity contribution in [3.05, 3.63) is 65.7 Å². The van der Waals surface area contributed by atoms with Crippen LogP contribution in [0.5, 0.6) is 5.75 Å². The minimum absolute atomic E-state index is 0.251. The lowest BCUT2D eigenvalue weighted by Gasteiger charge is -2.41. The van der Waals surface area contributed by atoms with Crippen molar-refractivity contribution in [3.63, 3.8) is 0 Å². The Morgan fingerprint density at radius 1 is 0.960 bits per heavy atom. The second-order valence-electron chi connectivity index (χ2n) is 5.58. The second-order valence-corrected chi connectivity index (χ2v) is 5.58. The zero-order valence-corrected chi connectivity index (χ0v) is 13.7. The van der Waals surface area contributed by atoms with E-state index < -0.39 is 29.6 Å². The molecule has 0 radical (unpaired) electrons. The van der Waals surface area contributed by atoms with Crippen LogP contribution in [-0.4, -0.2) is 23.8 Å². The first-order valence-electron chi connectivity index (χ1n) is 7.68. The van der Waals surface area contributed by atoms with Gasteiger partial charge in [-0.3, -0.25) is 14.4 Å². The van der Waals surface area contributed by atoms with Crippen LogP contribution in [0, 0.1) is 0 Å². The molecule has 2 unspecified atom stereocenters. The summed E-state index contributed by atoms with van der Waals surface area (Å²) in [7, 11) is 0. The van der Waals surface area contributed by atoms with Gasteiger partial charge in [-0.25, -0.2) is 0 Å². The van der Waals surface area contributed by atoms with Gasteiger partial charge in [0.15, 0.2) is 0 Å². The van der Waals surface area contributed by atoms with Crippen molar-refractivity contribution >= 4 is 17.7 Å². The number of hydrogen-bond acceptors (Lipinski definition) is 6. The molecule has 6 heteroatoms. The van der Waals surface area contributed by atoms with E-state index in [0.29, 0.717) is 5.56 Å². The minimum atomic E-state index is -1.88. The van der Waals surface area contributed by atoms with Crippen LogP contribution in [-0.2, 0) is 24.8 Å². The third-order valence-corrected chi connectivity index (χ3v) is 3.75. The highest BCUT2D eigenvalue weighted by molar-refractivity contribution is 6.04. The summed E-state index contributed by atoms with van der Waals surface area (Å²) in [4.78, 5) is 36.4. The van der Waals surface area contributed by atoms with Gasteiger partial charge < -0.3 is 14.2 Å². The summed E-state index contributed by atoms with van der Waals surface area (Å²) in [5, 5.41) is 0. The molecule has 3 rings (SSSR count). The van der Waals surface area contributed by atoms with Gasteiger partial charge in [-0.1, -0.05) is 42.5 Å². The normalized spacial score (nSPS) is 21.7. The van der Waals surface area contributed by atoms with Gasteiger partial charge in [0, 0.05) is 19.4 Å². The number of ketones is 1. The SMILES string of the molecule is CC(=O)OC1C(=O)c2ccccc2OC1(OC(C)=O)c1ccccc1. The lowest BCUT2D eigenvalue weighted by molar-refractivity contribution is -0.238. The highest BCUT2D eigenvalue weighted by Gasteiger charge is 2.56. The molecule has 2 atom stereocenters. The molecular weight excluding hydrogens is 324 g/mol. The highest BCUT2D eigenvalue weighted by Crippen LogP contribution is 2.42. The van der Waals surface area contributed by atoms with Gasteiger partial charge in [-0.15, -0.1) is 0 Å². The maximum absolute atomic E-state index is 13.0. The number of benzene rings is 2. The van der Waals surface area contributed by atoms with Crippen molar-refractivity contribution in [2.24, 2.45) is 0 Å². The van der Waals surface area contributed by atoms with Crippen molar-refractivity contribution in [2.45, 2.75) is 25.7 Å².